The van der Waals surface area contributed by atoms with Gasteiger partial charge >= 0.3 is 0 Å². The minimum Gasteiger partial charge on any atom is -0.481 e. The van der Waals surface area contributed by atoms with Gasteiger partial charge < -0.3 is 4.74 Å². The van der Waals surface area contributed by atoms with E-state index in [1.165, 1.54) is 0 Å². The van der Waals surface area contributed by atoms with Crippen molar-refractivity contribution in [3.63, 3.8) is 0 Å². The maximum absolute atomic E-state index is 11.8. The Kier molecular flexibility index (Phi) is 3.33. The van der Waals surface area contributed by atoms with E-state index in [1.807, 2.05) is 12.1 Å². The van der Waals surface area contributed by atoms with Gasteiger partial charge in [-0.25, -0.2) is 0 Å². The Labute approximate surface area is 100 Å². The molecule has 2 rings (SSSR count). The fourth-order valence-electron chi connectivity index (χ4n) is 1.79. The van der Waals surface area contributed by atoms with Crippen LogP contribution in [0.1, 0.15) is 6.42 Å². The number of carbonyl (C=O) groups excluding carboxylic acids is 1. The molecule has 2 heterocycles. The number of nitrogens with zero attached hydrogens (tertiary/aromatic N) is 2. The van der Waals surface area contributed by atoms with Crippen molar-refractivity contribution in [2.45, 2.75) is 6.42 Å². The van der Waals surface area contributed by atoms with Crippen molar-refractivity contribution in [3.05, 3.63) is 18.2 Å². The zero-order valence-electron chi connectivity index (χ0n) is 9.09. The van der Waals surface area contributed by atoms with Crippen LogP contribution in [0.15, 0.2) is 18.2 Å². The number of hydrogen-bond donors (Lipinski definition) is 1. The smallest absolute Gasteiger partial charge is 0.228 e. The lowest BCUT2D eigenvalue weighted by molar-refractivity contribution is -0.117. The molecule has 1 fully saturated rings. The molecule has 5 heteroatoms. The van der Waals surface area contributed by atoms with Crippen LogP contribution in [-0.4, -0.2) is 30.3 Å². The van der Waals surface area contributed by atoms with Gasteiger partial charge in [-0.15, -0.1) is 0 Å². The van der Waals surface area contributed by atoms with E-state index in [4.69, 9.17) is 4.74 Å². The minimum atomic E-state index is 0.111. The van der Waals surface area contributed by atoms with Crippen LogP contribution in [0.25, 0.3) is 0 Å². The first-order valence-corrected chi connectivity index (χ1v) is 5.80. The minimum absolute atomic E-state index is 0.111. The third kappa shape index (κ3) is 2.14. The summed E-state index contributed by atoms with van der Waals surface area (Å²) in [7, 11) is 1.56. The molecule has 1 saturated heterocycles. The second-order valence-electron chi connectivity index (χ2n) is 3.80. The fourth-order valence-corrected chi connectivity index (χ4v) is 2.04. The quantitative estimate of drug-likeness (QED) is 0.809. The molecule has 0 spiro atoms. The van der Waals surface area contributed by atoms with E-state index in [0.29, 0.717) is 30.6 Å². The lowest BCUT2D eigenvalue weighted by Crippen LogP contribution is -2.25. The molecule has 0 N–H and O–H groups in total. The predicted molar refractivity (Wildman–Crippen MR) is 65.1 cm³/mol. The van der Waals surface area contributed by atoms with Crippen molar-refractivity contribution < 1.29 is 9.53 Å². The van der Waals surface area contributed by atoms with Crippen LogP contribution in [-0.2, 0) is 4.79 Å². The summed E-state index contributed by atoms with van der Waals surface area (Å²) in [4.78, 5) is 17.7. The van der Waals surface area contributed by atoms with Crippen LogP contribution < -0.4 is 9.64 Å². The monoisotopic (exact) mass is 238 g/mol. The van der Waals surface area contributed by atoms with E-state index in [9.17, 15) is 4.79 Å². The maximum Gasteiger partial charge on any atom is 0.228 e. The highest BCUT2D eigenvalue weighted by molar-refractivity contribution is 7.80. The largest absolute Gasteiger partial charge is 0.481 e. The van der Waals surface area contributed by atoms with Crippen molar-refractivity contribution in [2.24, 2.45) is 5.92 Å². The molecule has 0 radical (unpaired) electrons. The van der Waals surface area contributed by atoms with Gasteiger partial charge in [0.15, 0.2) is 0 Å². The second kappa shape index (κ2) is 4.74. The molecular formula is C11H14N2O2S. The molecule has 86 valence electrons. The van der Waals surface area contributed by atoms with E-state index in [-0.39, 0.29) is 5.91 Å². The van der Waals surface area contributed by atoms with Gasteiger partial charge in [-0.2, -0.15) is 17.6 Å². The molecule has 0 saturated carbocycles. The highest BCUT2D eigenvalue weighted by Crippen LogP contribution is 2.25. The van der Waals surface area contributed by atoms with Crippen LogP contribution in [0.5, 0.6) is 5.88 Å². The summed E-state index contributed by atoms with van der Waals surface area (Å²) >= 11 is 4.22. The highest BCUT2D eigenvalue weighted by Gasteiger charge is 2.30. The van der Waals surface area contributed by atoms with Crippen LogP contribution in [0.2, 0.25) is 0 Å². The van der Waals surface area contributed by atoms with Gasteiger partial charge in [-0.05, 0) is 17.7 Å². The van der Waals surface area contributed by atoms with Crippen LogP contribution in [0, 0.1) is 5.92 Å². The zero-order chi connectivity index (χ0) is 11.5. The van der Waals surface area contributed by atoms with Crippen LogP contribution >= 0.6 is 12.6 Å². The third-order valence-corrected chi connectivity index (χ3v) is 3.17. The van der Waals surface area contributed by atoms with Crippen molar-refractivity contribution >= 4 is 24.4 Å². The third-order valence-electron chi connectivity index (χ3n) is 2.66. The predicted octanol–water partition coefficient (Wildman–Crippen LogP) is 1.37. The Morgan fingerprint density at radius 3 is 3.06 bits per heavy atom. The molecule has 1 unspecified atom stereocenters. The average Bonchev–Trinajstić information content (AvgIpc) is 2.71. The van der Waals surface area contributed by atoms with Gasteiger partial charge in [0.2, 0.25) is 11.8 Å². The first-order chi connectivity index (χ1) is 7.74. The number of hydrogen-bond acceptors (Lipinski definition) is 4. The molecule has 0 aliphatic carbocycles. The van der Waals surface area contributed by atoms with E-state index < -0.39 is 0 Å². The fraction of sp³-hybridized carbons (Fsp3) is 0.455. The summed E-state index contributed by atoms with van der Waals surface area (Å²) in [5.74, 6) is 2.35. The Morgan fingerprint density at radius 2 is 2.44 bits per heavy atom. The summed E-state index contributed by atoms with van der Waals surface area (Å²) in [5.41, 5.74) is 0. The molecule has 1 amide bonds. The molecule has 1 aliphatic heterocycles. The molecular weight excluding hydrogens is 224 g/mol. The summed E-state index contributed by atoms with van der Waals surface area (Å²) < 4.78 is 5.04. The first kappa shape index (κ1) is 11.3. The number of amides is 1. The summed E-state index contributed by atoms with van der Waals surface area (Å²) in [6.07, 6.45) is 0.558. The van der Waals surface area contributed by atoms with E-state index in [2.05, 4.69) is 17.6 Å². The van der Waals surface area contributed by atoms with E-state index in [1.54, 1.807) is 18.1 Å². The Morgan fingerprint density at radius 1 is 1.62 bits per heavy atom. The number of aromatic nitrogens is 1. The Balaban J connectivity index is 2.20. The molecule has 0 aromatic carbocycles. The van der Waals surface area contributed by atoms with Crippen molar-refractivity contribution in [1.82, 2.24) is 4.98 Å². The number of rotatable bonds is 3. The zero-order valence-corrected chi connectivity index (χ0v) is 9.98. The first-order valence-electron chi connectivity index (χ1n) is 5.17. The summed E-state index contributed by atoms with van der Waals surface area (Å²) in [5, 5.41) is 0. The number of ether oxygens (including phenoxy) is 1. The van der Waals surface area contributed by atoms with Gasteiger partial charge in [0.1, 0.15) is 5.82 Å². The number of pyridine rings is 1. The van der Waals surface area contributed by atoms with Crippen molar-refractivity contribution in [3.8, 4) is 5.88 Å². The topological polar surface area (TPSA) is 42.4 Å². The van der Waals surface area contributed by atoms with Crippen LogP contribution in [0.4, 0.5) is 5.82 Å². The summed E-state index contributed by atoms with van der Waals surface area (Å²) in [6.45, 7) is 0.697. The number of carbonyl (C=O) groups is 1. The Bertz CT molecular complexity index is 397. The van der Waals surface area contributed by atoms with Crippen LogP contribution in [0.3, 0.4) is 0 Å². The highest BCUT2D eigenvalue weighted by atomic mass is 32.1. The molecule has 1 aromatic heterocycles. The number of thiol groups is 1. The normalized spacial score (nSPS) is 20.2. The number of methoxy groups -OCH3 is 1. The van der Waals surface area contributed by atoms with Gasteiger partial charge in [-0.1, -0.05) is 6.07 Å². The van der Waals surface area contributed by atoms with Gasteiger partial charge in [0, 0.05) is 19.0 Å². The second-order valence-corrected chi connectivity index (χ2v) is 4.16. The van der Waals surface area contributed by atoms with Gasteiger partial charge in [-0.3, -0.25) is 9.69 Å². The lowest BCUT2D eigenvalue weighted by atomic mass is 10.1. The van der Waals surface area contributed by atoms with E-state index >= 15 is 0 Å². The maximum atomic E-state index is 11.8. The number of anilines is 1. The van der Waals surface area contributed by atoms with Gasteiger partial charge in [0.25, 0.3) is 0 Å². The molecule has 1 aromatic rings. The Hall–Kier alpha value is -1.23. The summed E-state index contributed by atoms with van der Waals surface area (Å²) in [6, 6.07) is 5.42. The van der Waals surface area contributed by atoms with Crippen molar-refractivity contribution in [2.75, 3.05) is 24.3 Å². The standard InChI is InChI=1S/C11H14N2O2S/c1-15-10-4-2-3-9(12-10)13-6-8(7-16)5-11(13)14/h2-4,8,16H,5-7H2,1H3. The van der Waals surface area contributed by atoms with Gasteiger partial charge in [0.05, 0.1) is 7.11 Å². The molecule has 4 nitrogen and oxygen atoms in total. The molecule has 0 bridgehead atoms. The molecule has 1 atom stereocenters. The average molecular weight is 238 g/mol. The SMILES string of the molecule is COc1cccc(N2CC(CS)CC2=O)n1. The molecule has 1 aliphatic rings. The van der Waals surface area contributed by atoms with Crippen molar-refractivity contribution in [1.29, 1.82) is 0 Å². The molecule has 16 heavy (non-hydrogen) atoms. The van der Waals surface area contributed by atoms with E-state index in [0.717, 1.165) is 5.75 Å². The lowest BCUT2D eigenvalue weighted by Gasteiger charge is -2.15.